The van der Waals surface area contributed by atoms with Gasteiger partial charge in [-0.3, -0.25) is 9.48 Å². The zero-order valence-corrected chi connectivity index (χ0v) is 14.6. The van der Waals surface area contributed by atoms with Crippen molar-refractivity contribution in [3.05, 3.63) is 46.0 Å². The SMILES string of the molecule is Cc1c([C@@H]2CC(=O)Nc3c2c(C2CC2)nn3C)sc2ccccc12. The van der Waals surface area contributed by atoms with Gasteiger partial charge in [-0.15, -0.1) is 11.3 Å². The van der Waals surface area contributed by atoms with Crippen LogP contribution in [0.15, 0.2) is 24.3 Å². The third kappa shape index (κ3) is 1.97. The number of carbonyl (C=O) groups excluding carboxylic acids is 1. The fourth-order valence-corrected chi connectivity index (χ4v) is 5.25. The molecular weight excluding hydrogens is 318 g/mol. The molecule has 2 aliphatic rings. The minimum absolute atomic E-state index is 0.0923. The smallest absolute Gasteiger partial charge is 0.226 e. The van der Waals surface area contributed by atoms with E-state index in [0.717, 1.165) is 5.82 Å². The molecule has 1 aliphatic heterocycles. The summed E-state index contributed by atoms with van der Waals surface area (Å²) in [5.74, 6) is 1.70. The molecule has 0 radical (unpaired) electrons. The van der Waals surface area contributed by atoms with Gasteiger partial charge in [0.25, 0.3) is 0 Å². The fourth-order valence-electron chi connectivity index (χ4n) is 3.93. The number of aryl methyl sites for hydroxylation is 2. The number of nitrogens with zero attached hydrogens (tertiary/aromatic N) is 2. The van der Waals surface area contributed by atoms with Crippen molar-refractivity contribution in [2.24, 2.45) is 7.05 Å². The van der Waals surface area contributed by atoms with Gasteiger partial charge in [-0.2, -0.15) is 5.10 Å². The third-order valence-corrected chi connectivity index (χ3v) is 6.66. The third-order valence-electron chi connectivity index (χ3n) is 5.27. The van der Waals surface area contributed by atoms with Crippen LogP contribution in [-0.4, -0.2) is 15.7 Å². The van der Waals surface area contributed by atoms with E-state index in [1.54, 1.807) is 0 Å². The van der Waals surface area contributed by atoms with Crippen LogP contribution in [0, 0.1) is 6.92 Å². The molecule has 5 rings (SSSR count). The Morgan fingerprint density at radius 1 is 1.29 bits per heavy atom. The normalized spacial score (nSPS) is 20.2. The van der Waals surface area contributed by atoms with Crippen LogP contribution in [0.4, 0.5) is 5.82 Å². The minimum Gasteiger partial charge on any atom is -0.311 e. The zero-order valence-electron chi connectivity index (χ0n) is 13.8. The molecule has 2 aromatic heterocycles. The van der Waals surface area contributed by atoms with Crippen molar-refractivity contribution in [3.8, 4) is 0 Å². The predicted octanol–water partition coefficient (Wildman–Crippen LogP) is 4.29. The molecule has 24 heavy (non-hydrogen) atoms. The minimum atomic E-state index is 0.0923. The van der Waals surface area contributed by atoms with Crippen LogP contribution >= 0.6 is 11.3 Å². The van der Waals surface area contributed by atoms with E-state index in [9.17, 15) is 4.79 Å². The summed E-state index contributed by atoms with van der Waals surface area (Å²) in [6, 6.07) is 8.52. The molecule has 1 aromatic carbocycles. The van der Waals surface area contributed by atoms with Crippen molar-refractivity contribution in [1.82, 2.24) is 9.78 Å². The molecular formula is C19H19N3OS. The van der Waals surface area contributed by atoms with Crippen molar-refractivity contribution in [2.75, 3.05) is 5.32 Å². The number of fused-ring (bicyclic) bond motifs is 2. The Morgan fingerprint density at radius 2 is 2.08 bits per heavy atom. The number of thiophene rings is 1. The lowest BCUT2D eigenvalue weighted by molar-refractivity contribution is -0.116. The molecule has 1 N–H and O–H groups in total. The number of amides is 1. The van der Waals surface area contributed by atoms with Crippen LogP contribution in [-0.2, 0) is 11.8 Å². The topological polar surface area (TPSA) is 46.9 Å². The molecule has 1 atom stereocenters. The highest BCUT2D eigenvalue weighted by Gasteiger charge is 2.39. The highest BCUT2D eigenvalue weighted by Crippen LogP contribution is 2.50. The Balaban J connectivity index is 1.74. The fraction of sp³-hybridized carbons (Fsp3) is 0.368. The van der Waals surface area contributed by atoms with Gasteiger partial charge >= 0.3 is 0 Å². The highest BCUT2D eigenvalue weighted by molar-refractivity contribution is 7.19. The average Bonchev–Trinajstić information content (AvgIpc) is 3.30. The summed E-state index contributed by atoms with van der Waals surface area (Å²) < 4.78 is 3.16. The van der Waals surface area contributed by atoms with E-state index in [1.165, 1.54) is 44.6 Å². The lowest BCUT2D eigenvalue weighted by atomic mass is 9.87. The zero-order chi connectivity index (χ0) is 16.4. The van der Waals surface area contributed by atoms with Gasteiger partial charge in [0.15, 0.2) is 0 Å². The van der Waals surface area contributed by atoms with E-state index in [2.05, 4.69) is 36.5 Å². The second-order valence-electron chi connectivity index (χ2n) is 6.94. The van der Waals surface area contributed by atoms with Crippen LogP contribution < -0.4 is 5.32 Å². The maximum atomic E-state index is 12.3. The first kappa shape index (κ1) is 14.2. The van der Waals surface area contributed by atoms with Gasteiger partial charge in [0.2, 0.25) is 5.91 Å². The second kappa shape index (κ2) is 4.93. The van der Waals surface area contributed by atoms with E-state index in [-0.39, 0.29) is 11.8 Å². The van der Waals surface area contributed by atoms with E-state index >= 15 is 0 Å². The molecule has 1 saturated carbocycles. The van der Waals surface area contributed by atoms with E-state index < -0.39 is 0 Å². The summed E-state index contributed by atoms with van der Waals surface area (Å²) in [6.07, 6.45) is 2.96. The largest absolute Gasteiger partial charge is 0.311 e. The lowest BCUT2D eigenvalue weighted by Gasteiger charge is -2.24. The van der Waals surface area contributed by atoms with Gasteiger partial charge in [-0.05, 0) is 36.8 Å². The summed E-state index contributed by atoms with van der Waals surface area (Å²) in [6.45, 7) is 2.19. The Bertz CT molecular complexity index is 980. The van der Waals surface area contributed by atoms with Crippen molar-refractivity contribution in [3.63, 3.8) is 0 Å². The molecule has 3 aromatic rings. The summed E-state index contributed by atoms with van der Waals surface area (Å²) >= 11 is 1.83. The van der Waals surface area contributed by atoms with Gasteiger partial charge in [0, 0.05) is 40.4 Å². The van der Waals surface area contributed by atoms with Crippen molar-refractivity contribution < 1.29 is 4.79 Å². The molecule has 0 bridgehead atoms. The first-order valence-corrected chi connectivity index (χ1v) is 9.29. The number of rotatable bonds is 2. The van der Waals surface area contributed by atoms with Crippen LogP contribution in [0.25, 0.3) is 10.1 Å². The standard InChI is InChI=1S/C19H19N3OS/c1-10-12-5-3-4-6-14(12)24-18(10)13-9-15(23)20-19-16(13)17(11-7-8-11)21-22(19)2/h3-6,11,13H,7-9H2,1-2H3,(H,20,23)/t13-/m1/s1. The monoisotopic (exact) mass is 337 g/mol. The second-order valence-corrected chi connectivity index (χ2v) is 8.02. The van der Waals surface area contributed by atoms with E-state index in [1.807, 2.05) is 23.1 Å². The first-order chi connectivity index (χ1) is 11.6. The maximum absolute atomic E-state index is 12.3. The van der Waals surface area contributed by atoms with Gasteiger partial charge < -0.3 is 5.32 Å². The van der Waals surface area contributed by atoms with Gasteiger partial charge in [0.05, 0.1) is 5.69 Å². The number of carbonyl (C=O) groups is 1. The molecule has 3 heterocycles. The summed E-state index contributed by atoms with van der Waals surface area (Å²) in [7, 11) is 1.94. The number of anilines is 1. The van der Waals surface area contributed by atoms with Crippen LogP contribution in [0.5, 0.6) is 0 Å². The van der Waals surface area contributed by atoms with Crippen LogP contribution in [0.2, 0.25) is 0 Å². The van der Waals surface area contributed by atoms with Crippen molar-refractivity contribution in [2.45, 2.75) is 38.0 Å². The average molecular weight is 337 g/mol. The quantitative estimate of drug-likeness (QED) is 0.758. The number of hydrogen-bond acceptors (Lipinski definition) is 3. The molecule has 5 heteroatoms. The molecule has 122 valence electrons. The molecule has 0 unspecified atom stereocenters. The van der Waals surface area contributed by atoms with Gasteiger partial charge in [-0.25, -0.2) is 0 Å². The van der Waals surface area contributed by atoms with Gasteiger partial charge in [0.1, 0.15) is 5.82 Å². The Morgan fingerprint density at radius 3 is 2.83 bits per heavy atom. The molecule has 0 spiro atoms. The van der Waals surface area contributed by atoms with E-state index in [0.29, 0.717) is 12.3 Å². The molecule has 0 saturated heterocycles. The summed E-state index contributed by atoms with van der Waals surface area (Å²) in [5.41, 5.74) is 3.77. The van der Waals surface area contributed by atoms with E-state index in [4.69, 9.17) is 5.10 Å². The molecule has 4 nitrogen and oxygen atoms in total. The predicted molar refractivity (Wildman–Crippen MR) is 96.8 cm³/mol. The number of hydrogen-bond donors (Lipinski definition) is 1. The highest BCUT2D eigenvalue weighted by atomic mass is 32.1. The molecule has 1 fully saturated rings. The number of benzene rings is 1. The summed E-state index contributed by atoms with van der Waals surface area (Å²) in [5, 5.41) is 9.11. The van der Waals surface area contributed by atoms with Crippen LogP contribution in [0.1, 0.15) is 52.8 Å². The van der Waals surface area contributed by atoms with Gasteiger partial charge in [-0.1, -0.05) is 18.2 Å². The Labute approximate surface area is 144 Å². The van der Waals surface area contributed by atoms with Crippen molar-refractivity contribution >= 4 is 33.1 Å². The lowest BCUT2D eigenvalue weighted by Crippen LogP contribution is -2.24. The summed E-state index contributed by atoms with van der Waals surface area (Å²) in [4.78, 5) is 13.7. The van der Waals surface area contributed by atoms with Crippen LogP contribution in [0.3, 0.4) is 0 Å². The first-order valence-electron chi connectivity index (χ1n) is 8.48. The Hall–Kier alpha value is -2.14. The van der Waals surface area contributed by atoms with Crippen molar-refractivity contribution in [1.29, 1.82) is 0 Å². The Kier molecular flexibility index (Phi) is 2.92. The molecule has 1 aliphatic carbocycles. The maximum Gasteiger partial charge on any atom is 0.226 e. The molecule has 1 amide bonds. The number of aromatic nitrogens is 2. The number of nitrogens with one attached hydrogen (secondary N) is 1.